The summed E-state index contributed by atoms with van der Waals surface area (Å²) in [4.78, 5) is 0. The number of hydrogen-bond acceptors (Lipinski definition) is 1. The summed E-state index contributed by atoms with van der Waals surface area (Å²) >= 11 is 0. The van der Waals surface area contributed by atoms with Crippen molar-refractivity contribution in [3.8, 4) is 0 Å². The summed E-state index contributed by atoms with van der Waals surface area (Å²) in [5, 5.41) is 5.10. The summed E-state index contributed by atoms with van der Waals surface area (Å²) in [6.45, 7) is 0.620. The Kier molecular flexibility index (Phi) is 1.95. The predicted octanol–water partition coefficient (Wildman–Crippen LogP) is 4.30. The molecule has 85 valence electrons. The van der Waals surface area contributed by atoms with Gasteiger partial charge in [0.2, 0.25) is 0 Å². The Bertz CT molecular complexity index is 784. The third-order valence-electron chi connectivity index (χ3n) is 3.49. The molecule has 0 bridgehead atoms. The van der Waals surface area contributed by atoms with Gasteiger partial charge in [0.15, 0.2) is 6.26 Å². The van der Waals surface area contributed by atoms with Crippen molar-refractivity contribution >= 4 is 27.6 Å². The van der Waals surface area contributed by atoms with Crippen LogP contribution in [0.5, 0.6) is 0 Å². The Balaban J connectivity index is 2.09. The van der Waals surface area contributed by atoms with Crippen LogP contribution in [0.4, 0.5) is 0 Å². The minimum atomic E-state index is 0.620. The van der Waals surface area contributed by atoms with Crippen molar-refractivity contribution in [2.75, 3.05) is 0 Å². The number of fused-ring (bicyclic) bond motifs is 3. The van der Waals surface area contributed by atoms with E-state index in [1.54, 1.807) is 0 Å². The van der Waals surface area contributed by atoms with Gasteiger partial charge in [0.25, 0.3) is 0 Å². The van der Waals surface area contributed by atoms with Crippen molar-refractivity contribution < 1.29 is 4.74 Å². The van der Waals surface area contributed by atoms with Crippen LogP contribution in [0.2, 0.25) is 0 Å². The molecule has 0 N–H and O–H groups in total. The van der Waals surface area contributed by atoms with E-state index in [1.807, 2.05) is 6.08 Å². The zero-order valence-corrected chi connectivity index (χ0v) is 9.81. The van der Waals surface area contributed by atoms with E-state index in [2.05, 4.69) is 54.8 Å². The second-order valence-corrected chi connectivity index (χ2v) is 4.65. The largest absolute Gasteiger partial charge is 0.485 e. The molecule has 0 saturated carbocycles. The van der Waals surface area contributed by atoms with E-state index in [0.29, 0.717) is 6.61 Å². The summed E-state index contributed by atoms with van der Waals surface area (Å²) in [5.74, 6) is 0. The molecular weight excluding hydrogens is 220 g/mol. The van der Waals surface area contributed by atoms with Gasteiger partial charge in [0.1, 0.15) is 6.61 Å². The number of rotatable bonds is 0. The monoisotopic (exact) mass is 231 g/mol. The molecule has 0 aromatic heterocycles. The molecule has 0 amide bonds. The first kappa shape index (κ1) is 9.72. The lowest BCUT2D eigenvalue weighted by Crippen LogP contribution is -1.96. The molecule has 0 atom stereocenters. The summed E-state index contributed by atoms with van der Waals surface area (Å²) in [5.41, 5.74) is 2.44. The molecule has 0 unspecified atom stereocenters. The Morgan fingerprint density at radius 3 is 2.33 bits per heavy atom. The molecule has 1 radical (unpaired) electrons. The first-order chi connectivity index (χ1) is 8.90. The molecule has 1 aliphatic rings. The molecule has 0 spiro atoms. The van der Waals surface area contributed by atoms with Crippen LogP contribution in [0.15, 0.2) is 48.5 Å². The minimum absolute atomic E-state index is 0.620. The van der Waals surface area contributed by atoms with Crippen LogP contribution in [0.3, 0.4) is 0 Å². The van der Waals surface area contributed by atoms with Crippen LogP contribution < -0.4 is 0 Å². The Morgan fingerprint density at radius 2 is 1.56 bits per heavy atom. The Hall–Kier alpha value is -2.28. The molecule has 3 aromatic rings. The van der Waals surface area contributed by atoms with Crippen molar-refractivity contribution in [2.24, 2.45) is 0 Å². The van der Waals surface area contributed by atoms with Crippen molar-refractivity contribution in [3.63, 3.8) is 0 Å². The van der Waals surface area contributed by atoms with Crippen molar-refractivity contribution in [2.45, 2.75) is 6.61 Å². The fraction of sp³-hybridized carbons (Fsp3) is 0.0588. The average Bonchev–Trinajstić information content (AvgIpc) is 2.42. The standard InChI is InChI=1S/C17H11O/c1-2-4-13-8-16-10-17-11-18-6-5-14(17)9-15(16)7-12(13)3-1/h1-5,7-10H,11H2. The van der Waals surface area contributed by atoms with Crippen LogP contribution in [0, 0.1) is 6.26 Å². The zero-order chi connectivity index (χ0) is 11.9. The van der Waals surface area contributed by atoms with Crippen molar-refractivity contribution in [1.29, 1.82) is 0 Å². The molecule has 0 fully saturated rings. The highest BCUT2D eigenvalue weighted by molar-refractivity contribution is 5.99. The topological polar surface area (TPSA) is 9.23 Å². The predicted molar refractivity (Wildman–Crippen MR) is 74.0 cm³/mol. The van der Waals surface area contributed by atoms with E-state index in [9.17, 15) is 0 Å². The smallest absolute Gasteiger partial charge is 0.162 e. The lowest BCUT2D eigenvalue weighted by atomic mass is 9.97. The van der Waals surface area contributed by atoms with E-state index in [4.69, 9.17) is 4.74 Å². The highest BCUT2D eigenvalue weighted by atomic mass is 16.5. The number of benzene rings is 3. The lowest BCUT2D eigenvalue weighted by molar-refractivity contribution is 0.214. The summed E-state index contributed by atoms with van der Waals surface area (Å²) in [7, 11) is 0. The van der Waals surface area contributed by atoms with Crippen LogP contribution in [0.1, 0.15) is 11.1 Å². The van der Waals surface area contributed by atoms with Gasteiger partial charge < -0.3 is 4.74 Å². The highest BCUT2D eigenvalue weighted by Gasteiger charge is 2.07. The molecule has 4 rings (SSSR count). The number of hydrogen-bond donors (Lipinski definition) is 0. The first-order valence-corrected chi connectivity index (χ1v) is 6.06. The van der Waals surface area contributed by atoms with E-state index in [-0.39, 0.29) is 0 Å². The van der Waals surface area contributed by atoms with Crippen LogP contribution in [-0.2, 0) is 11.3 Å². The lowest BCUT2D eigenvalue weighted by Gasteiger charge is -2.12. The average molecular weight is 231 g/mol. The van der Waals surface area contributed by atoms with Gasteiger partial charge in [-0.2, -0.15) is 0 Å². The summed E-state index contributed by atoms with van der Waals surface area (Å²) in [6, 6.07) is 17.4. The van der Waals surface area contributed by atoms with Gasteiger partial charge in [-0.05, 0) is 63.0 Å². The second kappa shape index (κ2) is 3.61. The van der Waals surface area contributed by atoms with Gasteiger partial charge in [-0.1, -0.05) is 24.3 Å². The van der Waals surface area contributed by atoms with E-state index >= 15 is 0 Å². The zero-order valence-electron chi connectivity index (χ0n) is 9.81. The van der Waals surface area contributed by atoms with Crippen LogP contribution in [-0.4, -0.2) is 0 Å². The highest BCUT2D eigenvalue weighted by Crippen LogP contribution is 2.28. The normalized spacial score (nSPS) is 13.6. The molecule has 1 heteroatoms. The van der Waals surface area contributed by atoms with E-state index in [1.165, 1.54) is 32.7 Å². The molecule has 0 saturated heterocycles. The molecule has 0 aliphatic carbocycles. The van der Waals surface area contributed by atoms with E-state index < -0.39 is 0 Å². The third-order valence-corrected chi connectivity index (χ3v) is 3.49. The summed E-state index contributed by atoms with van der Waals surface area (Å²) in [6.07, 6.45) is 4.73. The van der Waals surface area contributed by atoms with Crippen molar-refractivity contribution in [1.82, 2.24) is 0 Å². The maximum absolute atomic E-state index is 5.23. The SMILES string of the molecule is [C]1=Cc2cc3cc4ccccc4cc3cc2CO1. The first-order valence-electron chi connectivity index (χ1n) is 6.06. The molecule has 18 heavy (non-hydrogen) atoms. The molecular formula is C17H11O. The maximum Gasteiger partial charge on any atom is 0.162 e. The molecule has 1 heterocycles. The van der Waals surface area contributed by atoms with Gasteiger partial charge in [0.05, 0.1) is 0 Å². The van der Waals surface area contributed by atoms with Gasteiger partial charge in [-0.3, -0.25) is 0 Å². The van der Waals surface area contributed by atoms with Gasteiger partial charge in [-0.25, -0.2) is 0 Å². The second-order valence-electron chi connectivity index (χ2n) is 4.65. The fourth-order valence-corrected chi connectivity index (χ4v) is 2.54. The van der Waals surface area contributed by atoms with Crippen molar-refractivity contribution in [3.05, 3.63) is 65.9 Å². The number of ether oxygens (including phenoxy) is 1. The third kappa shape index (κ3) is 1.41. The van der Waals surface area contributed by atoms with Crippen LogP contribution >= 0.6 is 0 Å². The van der Waals surface area contributed by atoms with Gasteiger partial charge >= 0.3 is 0 Å². The van der Waals surface area contributed by atoms with Gasteiger partial charge in [-0.15, -0.1) is 0 Å². The van der Waals surface area contributed by atoms with Crippen LogP contribution in [0.25, 0.3) is 27.6 Å². The quantitative estimate of drug-likeness (QED) is 0.524. The molecule has 1 nitrogen and oxygen atoms in total. The summed E-state index contributed by atoms with van der Waals surface area (Å²) < 4.78 is 5.23. The maximum atomic E-state index is 5.23. The molecule has 3 aromatic carbocycles. The Morgan fingerprint density at radius 1 is 0.833 bits per heavy atom. The minimum Gasteiger partial charge on any atom is -0.485 e. The Labute approximate surface area is 105 Å². The fourth-order valence-electron chi connectivity index (χ4n) is 2.54. The van der Waals surface area contributed by atoms with E-state index in [0.717, 1.165) is 0 Å². The molecule has 1 aliphatic heterocycles. The van der Waals surface area contributed by atoms with Gasteiger partial charge in [0, 0.05) is 0 Å².